The molecule has 10 nitrogen and oxygen atoms in total. The lowest BCUT2D eigenvalue weighted by molar-refractivity contribution is -0.143. The number of carboxylic acids is 2. The maximum absolute atomic E-state index is 13.1. The molecule has 0 radical (unpaired) electrons. The summed E-state index contributed by atoms with van der Waals surface area (Å²) in [6.45, 7) is 6.95. The average Bonchev–Trinajstić information content (AvgIpc) is 2.90. The van der Waals surface area contributed by atoms with Gasteiger partial charge >= 0.3 is 11.9 Å². The summed E-state index contributed by atoms with van der Waals surface area (Å²) in [5, 5.41) is 25.2. The van der Waals surface area contributed by atoms with Gasteiger partial charge in [-0.2, -0.15) is 0 Å². The number of nitrogens with one attached hydrogen (secondary N) is 2. The van der Waals surface area contributed by atoms with Crippen molar-refractivity contribution < 1.29 is 29.4 Å². The topological polar surface area (TPSA) is 139 Å². The van der Waals surface area contributed by atoms with Gasteiger partial charge in [0.05, 0.1) is 0 Å². The third-order valence-electron chi connectivity index (χ3n) is 9.11. The Hall–Kier alpha value is -2.98. The molecule has 1 aromatic rings. The number of aryl methyl sites for hydroxylation is 1. The standard InChI is InChI=1S/C27H36N4O6/c1-15-12-18(24(32)28-22(26(34)35)20-13-30-8-4-16(20)5-9-30)2-3-19(15)25(33)29-23(27(36)37)21-14-31-10-6-17(21)7-11-31/h2-3,12,16-17,20-23H,4-11,13-14H2,1H3,(H,28,32)(H,29,33)(H,34,35)(H,36,37)/t20-,21-,22+,23+/m0/s1. The Morgan fingerprint density at radius 2 is 1.24 bits per heavy atom. The van der Waals surface area contributed by atoms with E-state index in [2.05, 4.69) is 20.4 Å². The quantitative estimate of drug-likeness (QED) is 0.405. The fraction of sp³-hybridized carbons (Fsp3) is 0.630. The third-order valence-corrected chi connectivity index (χ3v) is 9.11. The minimum absolute atomic E-state index is 0.130. The van der Waals surface area contributed by atoms with Crippen molar-refractivity contribution in [2.75, 3.05) is 39.3 Å². The Balaban J connectivity index is 1.26. The summed E-state index contributed by atoms with van der Waals surface area (Å²) < 4.78 is 0. The van der Waals surface area contributed by atoms with E-state index in [1.807, 2.05) is 0 Å². The number of nitrogens with zero attached hydrogens (tertiary/aromatic N) is 2. The lowest BCUT2D eigenvalue weighted by Gasteiger charge is -2.46. The minimum Gasteiger partial charge on any atom is -0.480 e. The maximum atomic E-state index is 13.1. The van der Waals surface area contributed by atoms with Crippen molar-refractivity contribution in [2.45, 2.75) is 44.7 Å². The highest BCUT2D eigenvalue weighted by molar-refractivity contribution is 6.01. The fourth-order valence-electron chi connectivity index (χ4n) is 6.98. The Morgan fingerprint density at radius 3 is 1.62 bits per heavy atom. The van der Waals surface area contributed by atoms with Gasteiger partial charge in [0.2, 0.25) is 0 Å². The van der Waals surface area contributed by atoms with Crippen molar-refractivity contribution in [3.8, 4) is 0 Å². The van der Waals surface area contributed by atoms with Crippen LogP contribution < -0.4 is 10.6 Å². The van der Waals surface area contributed by atoms with E-state index in [4.69, 9.17) is 0 Å². The van der Waals surface area contributed by atoms with E-state index >= 15 is 0 Å². The highest BCUT2D eigenvalue weighted by Gasteiger charge is 2.43. The Labute approximate surface area is 216 Å². The van der Waals surface area contributed by atoms with Crippen LogP contribution in [0.25, 0.3) is 0 Å². The molecule has 6 aliphatic heterocycles. The van der Waals surface area contributed by atoms with Crippen LogP contribution in [0.15, 0.2) is 18.2 Å². The second-order valence-corrected chi connectivity index (χ2v) is 11.2. The summed E-state index contributed by atoms with van der Waals surface area (Å²) in [6, 6.07) is 2.63. The van der Waals surface area contributed by atoms with Gasteiger partial charge < -0.3 is 30.6 Å². The Morgan fingerprint density at radius 1 is 0.784 bits per heavy atom. The smallest absolute Gasteiger partial charge is 0.326 e. The van der Waals surface area contributed by atoms with Gasteiger partial charge in [0.1, 0.15) is 12.1 Å². The molecule has 4 bridgehead atoms. The zero-order valence-electron chi connectivity index (χ0n) is 21.2. The number of rotatable bonds is 8. The first-order valence-electron chi connectivity index (χ1n) is 13.3. The molecule has 6 heterocycles. The summed E-state index contributed by atoms with van der Waals surface area (Å²) in [7, 11) is 0. The highest BCUT2D eigenvalue weighted by atomic mass is 16.4. The first-order chi connectivity index (χ1) is 17.7. The summed E-state index contributed by atoms with van der Waals surface area (Å²) in [6.07, 6.45) is 3.79. The van der Waals surface area contributed by atoms with E-state index in [0.717, 1.165) is 51.9 Å². The molecule has 4 N–H and O–H groups in total. The molecule has 2 amide bonds. The Kier molecular flexibility index (Phi) is 7.22. The number of benzene rings is 1. The van der Waals surface area contributed by atoms with Crippen LogP contribution in [0.5, 0.6) is 0 Å². The largest absolute Gasteiger partial charge is 0.480 e. The number of hydrogen-bond donors (Lipinski definition) is 4. The number of carbonyl (C=O) groups is 4. The van der Waals surface area contributed by atoms with Gasteiger partial charge in [-0.25, -0.2) is 9.59 Å². The van der Waals surface area contributed by atoms with Crippen LogP contribution in [-0.2, 0) is 9.59 Å². The lowest BCUT2D eigenvalue weighted by atomic mass is 9.75. The van der Waals surface area contributed by atoms with Gasteiger partial charge in [-0.1, -0.05) is 0 Å². The average molecular weight is 513 g/mol. The third kappa shape index (κ3) is 5.22. The Bertz CT molecular complexity index is 1080. The van der Waals surface area contributed by atoms with Crippen molar-refractivity contribution >= 4 is 23.8 Å². The minimum atomic E-state index is -1.03. The van der Waals surface area contributed by atoms with E-state index in [0.29, 0.717) is 24.2 Å². The van der Waals surface area contributed by atoms with Gasteiger partial charge in [-0.15, -0.1) is 0 Å². The van der Waals surface area contributed by atoms with Crippen molar-refractivity contribution in [3.05, 3.63) is 34.9 Å². The summed E-state index contributed by atoms with van der Waals surface area (Å²) in [5.74, 6) is -2.73. The molecule has 10 heteroatoms. The predicted molar refractivity (Wildman–Crippen MR) is 134 cm³/mol. The normalized spacial score (nSPS) is 31.8. The van der Waals surface area contributed by atoms with E-state index in [9.17, 15) is 29.4 Å². The lowest BCUT2D eigenvalue weighted by Crippen LogP contribution is -2.58. The molecule has 200 valence electrons. The highest BCUT2D eigenvalue weighted by Crippen LogP contribution is 2.35. The van der Waals surface area contributed by atoms with Gasteiger partial charge in [0.15, 0.2) is 0 Å². The van der Waals surface area contributed by atoms with Gasteiger partial charge in [0.25, 0.3) is 11.8 Å². The SMILES string of the molecule is Cc1cc(C(=O)N[C@@H](C(=O)O)[C@H]2CN3CCC2CC3)ccc1C(=O)N[C@@H](C(=O)O)[C@H]1CN2CCC1CC2. The van der Waals surface area contributed by atoms with E-state index in [1.54, 1.807) is 13.0 Å². The number of carboxylic acid groups (broad SMARTS) is 2. The summed E-state index contributed by atoms with van der Waals surface area (Å²) in [4.78, 5) is 54.7. The number of piperidine rings is 6. The number of carbonyl (C=O) groups excluding carboxylic acids is 2. The second-order valence-electron chi connectivity index (χ2n) is 11.2. The molecular formula is C27H36N4O6. The van der Waals surface area contributed by atoms with E-state index < -0.39 is 35.8 Å². The number of fused-ring (bicyclic) bond motifs is 6. The number of amides is 2. The van der Waals surface area contributed by atoms with E-state index in [1.165, 1.54) is 12.1 Å². The van der Waals surface area contributed by atoms with Crippen molar-refractivity contribution in [2.24, 2.45) is 23.7 Å². The van der Waals surface area contributed by atoms with Crippen LogP contribution in [-0.4, -0.2) is 95.1 Å². The molecule has 0 aliphatic carbocycles. The van der Waals surface area contributed by atoms with Crippen LogP contribution in [0, 0.1) is 30.6 Å². The van der Waals surface area contributed by atoms with Crippen molar-refractivity contribution in [1.82, 2.24) is 20.4 Å². The molecule has 6 saturated heterocycles. The summed E-state index contributed by atoms with van der Waals surface area (Å²) >= 11 is 0. The molecular weight excluding hydrogens is 476 g/mol. The van der Waals surface area contributed by atoms with Crippen LogP contribution in [0.4, 0.5) is 0 Å². The van der Waals surface area contributed by atoms with Gasteiger partial charge in [0, 0.05) is 36.1 Å². The second kappa shape index (κ2) is 10.4. The van der Waals surface area contributed by atoms with Crippen molar-refractivity contribution in [1.29, 1.82) is 0 Å². The molecule has 0 aromatic heterocycles. The van der Waals surface area contributed by atoms with Crippen LogP contribution >= 0.6 is 0 Å². The predicted octanol–water partition coefficient (Wildman–Crippen LogP) is 1.04. The summed E-state index contributed by atoms with van der Waals surface area (Å²) in [5.41, 5.74) is 1.10. The van der Waals surface area contributed by atoms with Crippen LogP contribution in [0.3, 0.4) is 0 Å². The zero-order valence-corrected chi connectivity index (χ0v) is 21.2. The first kappa shape index (κ1) is 25.7. The molecule has 0 saturated carbocycles. The zero-order chi connectivity index (χ0) is 26.3. The molecule has 0 spiro atoms. The monoisotopic (exact) mass is 512 g/mol. The van der Waals surface area contributed by atoms with Crippen molar-refractivity contribution in [3.63, 3.8) is 0 Å². The van der Waals surface area contributed by atoms with Gasteiger partial charge in [-0.3, -0.25) is 9.59 Å². The molecule has 0 unspecified atom stereocenters. The fourth-order valence-corrected chi connectivity index (χ4v) is 6.98. The molecule has 4 atom stereocenters. The van der Waals surface area contributed by atoms with Gasteiger partial charge in [-0.05, 0) is 94.4 Å². The van der Waals surface area contributed by atoms with Crippen LogP contribution in [0.2, 0.25) is 0 Å². The first-order valence-corrected chi connectivity index (χ1v) is 13.3. The molecule has 1 aromatic carbocycles. The number of hydrogen-bond acceptors (Lipinski definition) is 6. The number of aliphatic carboxylic acids is 2. The van der Waals surface area contributed by atoms with Crippen LogP contribution in [0.1, 0.15) is 52.0 Å². The molecule has 7 rings (SSSR count). The molecule has 6 aliphatic rings. The molecule has 37 heavy (non-hydrogen) atoms. The molecule has 6 fully saturated rings. The van der Waals surface area contributed by atoms with E-state index in [-0.39, 0.29) is 29.2 Å². The maximum Gasteiger partial charge on any atom is 0.326 e.